The maximum Gasteiger partial charge on any atom is 0.325 e. The molecular weight excluding hydrogens is 455 g/mol. The maximum absolute atomic E-state index is 13.4. The Balaban J connectivity index is 2.18. The van der Waals surface area contributed by atoms with E-state index < -0.39 is 28.7 Å². The highest BCUT2D eigenvalue weighted by atomic mass is 19.1. The average molecular weight is 483 g/mol. The van der Waals surface area contributed by atoms with E-state index >= 15 is 0 Å². The molecule has 35 heavy (non-hydrogen) atoms. The standard InChI is InChI=1S/C26H27FN2O6/c1-26(2,3)35-23(31)15-28-25-19(24(32)16-6-8-17(27)9-7-16)11-13-22(30)29(25)20-12-10-18(33-4)14-21(20)34-5/h6-14,28H,15H2,1-5H3. The van der Waals surface area contributed by atoms with Crippen molar-refractivity contribution in [3.8, 4) is 17.2 Å². The Labute approximate surface area is 202 Å². The summed E-state index contributed by atoms with van der Waals surface area (Å²) in [5.41, 5.74) is -0.577. The van der Waals surface area contributed by atoms with Crippen molar-refractivity contribution in [2.75, 3.05) is 26.1 Å². The van der Waals surface area contributed by atoms with E-state index in [4.69, 9.17) is 14.2 Å². The highest BCUT2D eigenvalue weighted by Gasteiger charge is 2.23. The predicted octanol–water partition coefficient (Wildman–Crippen LogP) is 3.98. The largest absolute Gasteiger partial charge is 0.497 e. The number of nitrogens with zero attached hydrogens (tertiary/aromatic N) is 1. The lowest BCUT2D eigenvalue weighted by molar-refractivity contribution is -0.152. The molecular formula is C26H27FN2O6. The molecule has 3 rings (SSSR count). The molecule has 0 unspecified atom stereocenters. The first kappa shape index (κ1) is 25.5. The lowest BCUT2D eigenvalue weighted by Crippen LogP contribution is -2.31. The van der Waals surface area contributed by atoms with Gasteiger partial charge in [-0.25, -0.2) is 4.39 Å². The van der Waals surface area contributed by atoms with E-state index in [1.165, 1.54) is 55.2 Å². The van der Waals surface area contributed by atoms with E-state index in [-0.39, 0.29) is 23.5 Å². The van der Waals surface area contributed by atoms with Gasteiger partial charge in [0.15, 0.2) is 5.78 Å². The zero-order valence-corrected chi connectivity index (χ0v) is 20.2. The van der Waals surface area contributed by atoms with Crippen molar-refractivity contribution >= 4 is 17.6 Å². The van der Waals surface area contributed by atoms with Gasteiger partial charge in [-0.05, 0) is 63.2 Å². The highest BCUT2D eigenvalue weighted by molar-refractivity contribution is 6.12. The number of hydrogen-bond acceptors (Lipinski definition) is 7. The van der Waals surface area contributed by atoms with Crippen molar-refractivity contribution in [3.05, 3.63) is 81.9 Å². The molecule has 184 valence electrons. The summed E-state index contributed by atoms with van der Waals surface area (Å²) in [6.07, 6.45) is 0. The number of hydrogen-bond donors (Lipinski definition) is 1. The molecule has 0 aliphatic heterocycles. The fourth-order valence-electron chi connectivity index (χ4n) is 3.40. The highest BCUT2D eigenvalue weighted by Crippen LogP contribution is 2.30. The third-order valence-corrected chi connectivity index (χ3v) is 4.89. The van der Waals surface area contributed by atoms with Crippen LogP contribution in [-0.4, -0.2) is 42.7 Å². The van der Waals surface area contributed by atoms with Crippen LogP contribution in [0.4, 0.5) is 10.2 Å². The van der Waals surface area contributed by atoms with Crippen molar-refractivity contribution in [2.24, 2.45) is 0 Å². The van der Waals surface area contributed by atoms with Crippen molar-refractivity contribution in [2.45, 2.75) is 26.4 Å². The number of rotatable bonds is 8. The molecule has 0 saturated carbocycles. The lowest BCUT2D eigenvalue weighted by atomic mass is 10.0. The molecule has 0 amide bonds. The second kappa shape index (κ2) is 10.4. The first-order valence-electron chi connectivity index (χ1n) is 10.8. The summed E-state index contributed by atoms with van der Waals surface area (Å²) in [6.45, 7) is 4.88. The number of carbonyl (C=O) groups is 2. The Morgan fingerprint density at radius 1 is 0.971 bits per heavy atom. The molecule has 0 aliphatic rings. The number of esters is 1. The van der Waals surface area contributed by atoms with Gasteiger partial charge in [-0.3, -0.25) is 19.0 Å². The molecule has 0 fully saturated rings. The zero-order valence-electron chi connectivity index (χ0n) is 20.2. The average Bonchev–Trinajstić information content (AvgIpc) is 2.81. The van der Waals surface area contributed by atoms with E-state index in [1.807, 2.05) is 0 Å². The maximum atomic E-state index is 13.4. The molecule has 2 aromatic carbocycles. The molecule has 3 aromatic rings. The number of benzene rings is 2. The Bertz CT molecular complexity index is 1290. The van der Waals surface area contributed by atoms with E-state index in [0.717, 1.165) is 0 Å². The second-order valence-electron chi connectivity index (χ2n) is 8.58. The normalized spacial score (nSPS) is 11.0. The fourth-order valence-corrected chi connectivity index (χ4v) is 3.40. The number of methoxy groups -OCH3 is 2. The van der Waals surface area contributed by atoms with Gasteiger partial charge in [-0.15, -0.1) is 0 Å². The van der Waals surface area contributed by atoms with Gasteiger partial charge >= 0.3 is 5.97 Å². The SMILES string of the molecule is COc1ccc(-n2c(NCC(=O)OC(C)(C)C)c(C(=O)c3ccc(F)cc3)ccc2=O)c(OC)c1. The molecule has 0 bridgehead atoms. The molecule has 8 nitrogen and oxygen atoms in total. The zero-order chi connectivity index (χ0) is 25.8. The van der Waals surface area contributed by atoms with E-state index in [2.05, 4.69) is 5.32 Å². The summed E-state index contributed by atoms with van der Waals surface area (Å²) in [5, 5.41) is 2.89. The minimum atomic E-state index is -0.721. The van der Waals surface area contributed by atoms with Crippen LogP contribution in [0.1, 0.15) is 36.7 Å². The van der Waals surface area contributed by atoms with Crippen LogP contribution in [0, 0.1) is 5.82 Å². The van der Waals surface area contributed by atoms with E-state index in [0.29, 0.717) is 17.2 Å². The smallest absolute Gasteiger partial charge is 0.325 e. The molecule has 0 aliphatic carbocycles. The molecule has 1 aromatic heterocycles. The monoisotopic (exact) mass is 482 g/mol. The number of halogens is 1. The second-order valence-corrected chi connectivity index (χ2v) is 8.58. The molecule has 0 saturated heterocycles. The summed E-state index contributed by atoms with van der Waals surface area (Å²) < 4.78 is 30.7. The Hall–Kier alpha value is -4.14. The summed E-state index contributed by atoms with van der Waals surface area (Å²) in [5.74, 6) is -0.683. The lowest BCUT2D eigenvalue weighted by Gasteiger charge is -2.22. The van der Waals surface area contributed by atoms with Crippen molar-refractivity contribution in [1.82, 2.24) is 4.57 Å². The van der Waals surface area contributed by atoms with Gasteiger partial charge in [0.25, 0.3) is 5.56 Å². The first-order valence-corrected chi connectivity index (χ1v) is 10.8. The van der Waals surface area contributed by atoms with Gasteiger partial charge < -0.3 is 19.5 Å². The first-order chi connectivity index (χ1) is 16.5. The van der Waals surface area contributed by atoms with Crippen molar-refractivity contribution in [1.29, 1.82) is 0 Å². The topological polar surface area (TPSA) is 95.9 Å². The summed E-state index contributed by atoms with van der Waals surface area (Å²) >= 11 is 0. The number of ether oxygens (including phenoxy) is 3. The molecule has 0 atom stereocenters. The minimum Gasteiger partial charge on any atom is -0.497 e. The Morgan fingerprint density at radius 2 is 1.66 bits per heavy atom. The van der Waals surface area contributed by atoms with Crippen LogP contribution >= 0.6 is 0 Å². The number of ketones is 1. The van der Waals surface area contributed by atoms with Gasteiger partial charge in [-0.2, -0.15) is 0 Å². The number of anilines is 1. The number of nitrogens with one attached hydrogen (secondary N) is 1. The van der Waals surface area contributed by atoms with E-state index in [1.54, 1.807) is 39.0 Å². The number of aromatic nitrogens is 1. The van der Waals surface area contributed by atoms with Crippen LogP contribution in [0.2, 0.25) is 0 Å². The molecule has 0 radical (unpaired) electrons. The predicted molar refractivity (Wildman–Crippen MR) is 129 cm³/mol. The van der Waals surface area contributed by atoms with E-state index in [9.17, 15) is 18.8 Å². The van der Waals surface area contributed by atoms with Gasteiger partial charge in [0, 0.05) is 17.7 Å². The molecule has 9 heteroatoms. The van der Waals surface area contributed by atoms with Gasteiger partial charge in [0.05, 0.1) is 25.5 Å². The van der Waals surface area contributed by atoms with Crippen LogP contribution in [0.5, 0.6) is 11.5 Å². The van der Waals surface area contributed by atoms with Gasteiger partial charge in [0.1, 0.15) is 35.3 Å². The minimum absolute atomic E-state index is 0.0566. The summed E-state index contributed by atoms with van der Waals surface area (Å²) in [4.78, 5) is 38.8. The van der Waals surface area contributed by atoms with Crippen LogP contribution in [0.3, 0.4) is 0 Å². The Morgan fingerprint density at radius 3 is 2.26 bits per heavy atom. The summed E-state index contributed by atoms with van der Waals surface area (Å²) in [7, 11) is 2.93. The van der Waals surface area contributed by atoms with Crippen LogP contribution < -0.4 is 20.3 Å². The third kappa shape index (κ3) is 6.06. The van der Waals surface area contributed by atoms with Crippen LogP contribution in [0.25, 0.3) is 5.69 Å². The number of carbonyl (C=O) groups excluding carboxylic acids is 2. The summed E-state index contributed by atoms with van der Waals surface area (Å²) in [6, 6.07) is 12.5. The molecule has 1 N–H and O–H groups in total. The van der Waals surface area contributed by atoms with Gasteiger partial charge in [0.2, 0.25) is 0 Å². The Kier molecular flexibility index (Phi) is 7.58. The van der Waals surface area contributed by atoms with Crippen LogP contribution in [-0.2, 0) is 9.53 Å². The third-order valence-electron chi connectivity index (χ3n) is 4.89. The molecule has 1 heterocycles. The number of pyridine rings is 1. The van der Waals surface area contributed by atoms with Gasteiger partial charge in [-0.1, -0.05) is 0 Å². The van der Waals surface area contributed by atoms with Crippen molar-refractivity contribution < 1.29 is 28.2 Å². The van der Waals surface area contributed by atoms with Crippen LogP contribution in [0.15, 0.2) is 59.4 Å². The van der Waals surface area contributed by atoms with Crippen molar-refractivity contribution in [3.63, 3.8) is 0 Å². The quantitative estimate of drug-likeness (QED) is 0.383. The fraction of sp³-hybridized carbons (Fsp3) is 0.269. The molecule has 0 spiro atoms.